The molecule has 2 rings (SSSR count). The maximum atomic E-state index is 12.9. The number of allylic oxidation sites excluding steroid dienone is 2. The van der Waals surface area contributed by atoms with E-state index in [1.54, 1.807) is 6.07 Å². The Balaban J connectivity index is 2.57. The molecule has 0 amide bonds. The Bertz CT molecular complexity index is 566. The first-order valence-electron chi connectivity index (χ1n) is 5.13. The first-order chi connectivity index (χ1) is 9.33. The number of alkyl halides is 6. The van der Waals surface area contributed by atoms with Gasteiger partial charge in [0.15, 0.2) is 0 Å². The maximum absolute atomic E-state index is 12.9. The van der Waals surface area contributed by atoms with Gasteiger partial charge in [-0.1, -0.05) is 0 Å². The van der Waals surface area contributed by atoms with Crippen LogP contribution in [0.25, 0.3) is 0 Å². The quantitative estimate of drug-likeness (QED) is 0.372. The van der Waals surface area contributed by atoms with Gasteiger partial charge in [0.2, 0.25) is 0 Å². The Morgan fingerprint density at radius 1 is 0.762 bits per heavy atom. The van der Waals surface area contributed by atoms with Crippen LogP contribution in [0.1, 0.15) is 0 Å². The van der Waals surface area contributed by atoms with Crippen LogP contribution in [0.15, 0.2) is 40.1 Å². The standard InChI is InChI=1S/C10H5Cl2F6PS2/c11-19(12,6-4-2-1-3-5-6)20-7(9(13,14)15)8(21-19)10(16,17)18/h1-5H. The van der Waals surface area contributed by atoms with E-state index >= 15 is 0 Å². The molecule has 1 aliphatic rings. The summed E-state index contributed by atoms with van der Waals surface area (Å²) in [5.74, 6) is 0. The van der Waals surface area contributed by atoms with Crippen LogP contribution in [-0.4, -0.2) is 12.4 Å². The van der Waals surface area contributed by atoms with Crippen molar-refractivity contribution in [1.82, 2.24) is 0 Å². The van der Waals surface area contributed by atoms with Crippen molar-refractivity contribution in [2.75, 3.05) is 0 Å². The van der Waals surface area contributed by atoms with E-state index < -0.39 is 25.9 Å². The van der Waals surface area contributed by atoms with Crippen molar-refractivity contribution >= 4 is 54.3 Å². The second-order valence-corrected chi connectivity index (χ2v) is 20.3. The van der Waals surface area contributed by atoms with Crippen LogP contribution in [0.5, 0.6) is 0 Å². The van der Waals surface area contributed by atoms with E-state index in [1.807, 2.05) is 0 Å². The van der Waals surface area contributed by atoms with E-state index in [9.17, 15) is 26.3 Å². The predicted molar refractivity (Wildman–Crippen MR) is 79.0 cm³/mol. The third-order valence-corrected chi connectivity index (χ3v) is 14.6. The van der Waals surface area contributed by atoms with Gasteiger partial charge in [0, 0.05) is 0 Å². The summed E-state index contributed by atoms with van der Waals surface area (Å²) in [6, 6.07) is 7.11. The monoisotopic (exact) mass is 404 g/mol. The third kappa shape index (κ3) is 3.44. The van der Waals surface area contributed by atoms with E-state index in [2.05, 4.69) is 0 Å². The first-order valence-corrected chi connectivity index (χ1v) is 12.0. The average Bonchev–Trinajstić information content (AvgIpc) is 2.65. The molecule has 118 valence electrons. The zero-order chi connectivity index (χ0) is 16.1. The minimum atomic E-state index is -5.17. The van der Waals surface area contributed by atoms with E-state index in [1.165, 1.54) is 24.3 Å². The van der Waals surface area contributed by atoms with Gasteiger partial charge >= 0.3 is 133 Å². The van der Waals surface area contributed by atoms with Gasteiger partial charge in [0.1, 0.15) is 0 Å². The Morgan fingerprint density at radius 2 is 1.14 bits per heavy atom. The van der Waals surface area contributed by atoms with Crippen LogP contribution in [-0.2, 0) is 0 Å². The summed E-state index contributed by atoms with van der Waals surface area (Å²) in [5.41, 5.74) is 0. The van der Waals surface area contributed by atoms with Crippen molar-refractivity contribution in [2.24, 2.45) is 0 Å². The van der Waals surface area contributed by atoms with Gasteiger partial charge in [-0.3, -0.25) is 0 Å². The van der Waals surface area contributed by atoms with Gasteiger partial charge in [0.25, 0.3) is 0 Å². The van der Waals surface area contributed by atoms with Gasteiger partial charge < -0.3 is 0 Å². The van der Waals surface area contributed by atoms with Crippen LogP contribution in [0.2, 0.25) is 0 Å². The predicted octanol–water partition coefficient (Wildman–Crippen LogP) is 6.82. The van der Waals surface area contributed by atoms with E-state index in [0.717, 1.165) is 0 Å². The molecule has 0 bridgehead atoms. The molecule has 0 spiro atoms. The molecule has 1 aliphatic heterocycles. The molecule has 1 aromatic rings. The van der Waals surface area contributed by atoms with Crippen molar-refractivity contribution < 1.29 is 26.3 Å². The Hall–Kier alpha value is 0.250. The third-order valence-electron chi connectivity index (χ3n) is 2.37. The molecule has 0 unspecified atom stereocenters. The molecule has 0 aliphatic carbocycles. The fourth-order valence-electron chi connectivity index (χ4n) is 1.53. The van der Waals surface area contributed by atoms with Crippen molar-refractivity contribution in [3.05, 3.63) is 40.1 Å². The number of halogens is 8. The zero-order valence-corrected chi connectivity index (χ0v) is 13.7. The second kappa shape index (κ2) is 5.13. The number of rotatable bonds is 1. The SMILES string of the molecule is FC(F)(F)C1=C(C(F)(F)F)SP(Cl)(Cl)(c2ccccc2)S1. The molecule has 1 aromatic carbocycles. The van der Waals surface area contributed by atoms with Crippen LogP contribution in [0, 0.1) is 0 Å². The van der Waals surface area contributed by atoms with E-state index in [-0.39, 0.29) is 28.1 Å². The first kappa shape index (κ1) is 17.6. The fourth-order valence-corrected chi connectivity index (χ4v) is 13.6. The molecule has 0 fully saturated rings. The number of hydrogen-bond donors (Lipinski definition) is 0. The molecule has 21 heavy (non-hydrogen) atoms. The molecule has 11 heteroatoms. The van der Waals surface area contributed by atoms with Gasteiger partial charge in [-0.15, -0.1) is 0 Å². The van der Waals surface area contributed by atoms with Crippen molar-refractivity contribution in [3.63, 3.8) is 0 Å². The molecule has 0 aromatic heterocycles. The Morgan fingerprint density at radius 3 is 1.48 bits per heavy atom. The van der Waals surface area contributed by atoms with Gasteiger partial charge in [-0.05, 0) is 0 Å². The fraction of sp³-hybridized carbons (Fsp3) is 0.200. The Labute approximate surface area is 133 Å². The van der Waals surface area contributed by atoms with E-state index in [0.29, 0.717) is 0 Å². The van der Waals surface area contributed by atoms with Crippen molar-refractivity contribution in [2.45, 2.75) is 12.4 Å². The molecule has 0 saturated carbocycles. The molecule has 0 nitrogen and oxygen atoms in total. The molecule has 0 atom stereocenters. The molecule has 1 heterocycles. The van der Waals surface area contributed by atoms with Crippen molar-refractivity contribution in [3.8, 4) is 0 Å². The summed E-state index contributed by atoms with van der Waals surface area (Å²) in [4.78, 5) is -3.57. The summed E-state index contributed by atoms with van der Waals surface area (Å²) in [5, 5.41) is 0.0582. The molecule has 0 N–H and O–H groups in total. The zero-order valence-electron chi connectivity index (χ0n) is 9.67. The van der Waals surface area contributed by atoms with Crippen LogP contribution in [0.4, 0.5) is 26.3 Å². The van der Waals surface area contributed by atoms with Gasteiger partial charge in [0.05, 0.1) is 0 Å². The Kier molecular flexibility index (Phi) is 4.30. The molecular weight excluding hydrogens is 400 g/mol. The van der Waals surface area contributed by atoms with Crippen molar-refractivity contribution in [1.29, 1.82) is 0 Å². The van der Waals surface area contributed by atoms with E-state index in [4.69, 9.17) is 22.5 Å². The van der Waals surface area contributed by atoms with Crippen LogP contribution in [0.3, 0.4) is 0 Å². The summed E-state index contributed by atoms with van der Waals surface area (Å²) >= 11 is 12.0. The van der Waals surface area contributed by atoms with Crippen LogP contribution >= 0.6 is 49.0 Å². The average molecular weight is 405 g/mol. The molecule has 0 radical (unpaired) electrons. The minimum absolute atomic E-state index is 0.0582. The summed E-state index contributed by atoms with van der Waals surface area (Å²) in [6.07, 6.45) is -10.3. The summed E-state index contributed by atoms with van der Waals surface area (Å²) < 4.78 is 72.8. The van der Waals surface area contributed by atoms with Gasteiger partial charge in [-0.2, -0.15) is 0 Å². The molecule has 0 saturated heterocycles. The number of benzene rings is 1. The summed E-state index contributed by atoms with van der Waals surface area (Å²) in [6.45, 7) is 0. The summed E-state index contributed by atoms with van der Waals surface area (Å²) in [7, 11) is 0. The topological polar surface area (TPSA) is 0 Å². The van der Waals surface area contributed by atoms with Gasteiger partial charge in [-0.25, -0.2) is 0 Å². The molecular formula is C10H5Cl2F6PS2. The van der Waals surface area contributed by atoms with Crippen LogP contribution < -0.4 is 5.30 Å². The number of hydrogen-bond acceptors (Lipinski definition) is 2. The second-order valence-electron chi connectivity index (χ2n) is 3.94. The normalized spacial score (nSPS) is 23.7.